The molecule has 30 heavy (non-hydrogen) atoms. The van der Waals surface area contributed by atoms with Crippen LogP contribution in [0.2, 0.25) is 0 Å². The number of anilines is 1. The van der Waals surface area contributed by atoms with E-state index in [0.717, 1.165) is 17.2 Å². The van der Waals surface area contributed by atoms with Gasteiger partial charge in [-0.15, -0.1) is 0 Å². The van der Waals surface area contributed by atoms with Crippen LogP contribution in [-0.4, -0.2) is 34.4 Å². The molecule has 0 fully saturated rings. The second-order valence-corrected chi connectivity index (χ2v) is 7.26. The number of amides is 1. The molecule has 1 amide bonds. The van der Waals surface area contributed by atoms with Crippen molar-refractivity contribution in [1.29, 1.82) is 0 Å². The van der Waals surface area contributed by atoms with E-state index in [0.29, 0.717) is 5.75 Å². The number of aromatic nitrogens is 2. The maximum absolute atomic E-state index is 13.9. The largest absolute Gasteiger partial charge is 0.435 e. The molecule has 0 aliphatic rings. The molecule has 9 heteroatoms. The Morgan fingerprint density at radius 2 is 1.83 bits per heavy atom. The van der Waals surface area contributed by atoms with Gasteiger partial charge in [0.05, 0.1) is 17.6 Å². The molecule has 2 heterocycles. The summed E-state index contributed by atoms with van der Waals surface area (Å²) in [6.07, 6.45) is -0.841. The Balaban J connectivity index is 2.11. The van der Waals surface area contributed by atoms with E-state index in [-0.39, 0.29) is 29.1 Å². The standard InChI is InChI=1S/C21H17F4N3OS/c1-30-10-9-28(20(29)14-5-3-2-4-6-14)18-8-7-17(27-19(18)21(23,24)25)15-11-16(22)13-26-12-15/h2-8,11-13H,9-10H2,1H3. The highest BCUT2D eigenvalue weighted by atomic mass is 32.2. The topological polar surface area (TPSA) is 46.1 Å². The molecular formula is C21H17F4N3OS. The number of nitrogens with zero attached hydrogens (tertiary/aromatic N) is 3. The van der Waals surface area contributed by atoms with Crippen LogP contribution in [0.4, 0.5) is 23.2 Å². The van der Waals surface area contributed by atoms with E-state index in [1.165, 1.54) is 30.1 Å². The molecule has 0 spiro atoms. The Hall–Kier alpha value is -2.94. The van der Waals surface area contributed by atoms with E-state index in [9.17, 15) is 22.4 Å². The van der Waals surface area contributed by atoms with Gasteiger partial charge in [-0.1, -0.05) is 18.2 Å². The van der Waals surface area contributed by atoms with Crippen molar-refractivity contribution in [2.45, 2.75) is 6.18 Å². The van der Waals surface area contributed by atoms with Gasteiger partial charge in [0.25, 0.3) is 5.91 Å². The molecular weight excluding hydrogens is 418 g/mol. The summed E-state index contributed by atoms with van der Waals surface area (Å²) in [5.41, 5.74) is -1.27. The number of pyridine rings is 2. The van der Waals surface area contributed by atoms with E-state index in [1.807, 2.05) is 0 Å². The van der Waals surface area contributed by atoms with E-state index in [4.69, 9.17) is 0 Å². The van der Waals surface area contributed by atoms with Crippen LogP contribution >= 0.6 is 11.8 Å². The second-order valence-electron chi connectivity index (χ2n) is 6.27. The molecule has 0 radical (unpaired) electrons. The van der Waals surface area contributed by atoms with Crippen LogP contribution in [0.1, 0.15) is 16.1 Å². The zero-order valence-electron chi connectivity index (χ0n) is 15.9. The first kappa shape index (κ1) is 21.8. The lowest BCUT2D eigenvalue weighted by molar-refractivity contribution is -0.140. The highest BCUT2D eigenvalue weighted by Gasteiger charge is 2.38. The lowest BCUT2D eigenvalue weighted by Gasteiger charge is -2.26. The van der Waals surface area contributed by atoms with Crippen molar-refractivity contribution in [3.63, 3.8) is 0 Å². The number of rotatable bonds is 6. The van der Waals surface area contributed by atoms with Gasteiger partial charge in [0.15, 0.2) is 5.69 Å². The van der Waals surface area contributed by atoms with Crippen LogP contribution in [0.3, 0.4) is 0 Å². The first-order valence-electron chi connectivity index (χ1n) is 8.86. The number of hydrogen-bond donors (Lipinski definition) is 0. The second kappa shape index (κ2) is 9.25. The summed E-state index contributed by atoms with van der Waals surface area (Å²) in [5.74, 6) is -0.810. The predicted octanol–water partition coefficient (Wildman–Crippen LogP) is 5.31. The average molecular weight is 435 g/mol. The van der Waals surface area contributed by atoms with Gasteiger partial charge in [0.2, 0.25) is 0 Å². The van der Waals surface area contributed by atoms with Gasteiger partial charge >= 0.3 is 6.18 Å². The molecule has 3 rings (SSSR count). The first-order chi connectivity index (χ1) is 14.3. The summed E-state index contributed by atoms with van der Waals surface area (Å²) in [7, 11) is 0. The molecule has 3 aromatic rings. The van der Waals surface area contributed by atoms with Gasteiger partial charge in [0.1, 0.15) is 5.82 Å². The summed E-state index contributed by atoms with van der Waals surface area (Å²) in [6.45, 7) is 0.0700. The fourth-order valence-electron chi connectivity index (χ4n) is 2.84. The Labute approximate surface area is 175 Å². The fraction of sp³-hybridized carbons (Fsp3) is 0.190. The number of carbonyl (C=O) groups excluding carboxylic acids is 1. The molecule has 0 aliphatic carbocycles. The van der Waals surface area contributed by atoms with Crippen LogP contribution in [0, 0.1) is 5.82 Å². The Morgan fingerprint density at radius 3 is 2.47 bits per heavy atom. The van der Waals surface area contributed by atoms with E-state index < -0.39 is 23.6 Å². The van der Waals surface area contributed by atoms with Crippen LogP contribution in [-0.2, 0) is 6.18 Å². The molecule has 4 nitrogen and oxygen atoms in total. The van der Waals surface area contributed by atoms with Crippen molar-refractivity contribution >= 4 is 23.4 Å². The fourth-order valence-corrected chi connectivity index (χ4v) is 3.21. The van der Waals surface area contributed by atoms with Gasteiger partial charge in [-0.3, -0.25) is 9.78 Å². The zero-order chi connectivity index (χ0) is 21.7. The van der Waals surface area contributed by atoms with Crippen molar-refractivity contribution in [2.75, 3.05) is 23.5 Å². The van der Waals surface area contributed by atoms with Crippen molar-refractivity contribution < 1.29 is 22.4 Å². The number of benzene rings is 1. The molecule has 0 saturated carbocycles. The van der Waals surface area contributed by atoms with Gasteiger partial charge in [0, 0.05) is 29.6 Å². The minimum absolute atomic E-state index is 0.0700. The summed E-state index contributed by atoms with van der Waals surface area (Å²) in [5, 5.41) is 0. The van der Waals surface area contributed by atoms with E-state index >= 15 is 0 Å². The Bertz CT molecular complexity index is 1030. The maximum atomic E-state index is 13.9. The van der Waals surface area contributed by atoms with E-state index in [1.54, 1.807) is 36.6 Å². The zero-order valence-corrected chi connectivity index (χ0v) is 16.7. The van der Waals surface area contributed by atoms with E-state index in [2.05, 4.69) is 9.97 Å². The number of thioether (sulfide) groups is 1. The summed E-state index contributed by atoms with van der Waals surface area (Å²) >= 11 is 1.41. The minimum Gasteiger partial charge on any atom is -0.305 e. The quantitative estimate of drug-likeness (QED) is 0.492. The first-order valence-corrected chi connectivity index (χ1v) is 10.3. The molecule has 0 saturated heterocycles. The van der Waals surface area contributed by atoms with Crippen LogP contribution in [0.25, 0.3) is 11.3 Å². The lowest BCUT2D eigenvalue weighted by atomic mass is 10.1. The highest BCUT2D eigenvalue weighted by molar-refractivity contribution is 7.98. The predicted molar refractivity (Wildman–Crippen MR) is 109 cm³/mol. The smallest absolute Gasteiger partial charge is 0.305 e. The molecule has 0 unspecified atom stereocenters. The number of halogens is 4. The van der Waals surface area contributed by atoms with Gasteiger partial charge < -0.3 is 4.90 Å². The molecule has 2 aromatic heterocycles. The molecule has 1 aromatic carbocycles. The van der Waals surface area contributed by atoms with Crippen LogP contribution in [0.5, 0.6) is 0 Å². The van der Waals surface area contributed by atoms with Gasteiger partial charge in [-0.2, -0.15) is 24.9 Å². The molecule has 0 N–H and O–H groups in total. The SMILES string of the molecule is CSCCN(C(=O)c1ccccc1)c1ccc(-c2cncc(F)c2)nc1C(F)(F)F. The van der Waals surface area contributed by atoms with Crippen molar-refractivity contribution in [3.8, 4) is 11.3 Å². The molecule has 0 atom stereocenters. The van der Waals surface area contributed by atoms with Crippen LogP contribution < -0.4 is 4.90 Å². The average Bonchev–Trinajstić information content (AvgIpc) is 2.74. The third-order valence-corrected chi connectivity index (χ3v) is 4.81. The summed E-state index contributed by atoms with van der Waals surface area (Å²) in [6, 6.07) is 11.7. The highest BCUT2D eigenvalue weighted by Crippen LogP contribution is 2.37. The third-order valence-electron chi connectivity index (χ3n) is 4.22. The Morgan fingerprint density at radius 1 is 1.10 bits per heavy atom. The van der Waals surface area contributed by atoms with Crippen LogP contribution in [0.15, 0.2) is 60.9 Å². The van der Waals surface area contributed by atoms with Crippen molar-refractivity contribution in [2.24, 2.45) is 0 Å². The number of hydrogen-bond acceptors (Lipinski definition) is 4. The molecule has 156 valence electrons. The van der Waals surface area contributed by atoms with Gasteiger partial charge in [-0.25, -0.2) is 9.37 Å². The third kappa shape index (κ3) is 4.96. The van der Waals surface area contributed by atoms with Gasteiger partial charge in [-0.05, 0) is 36.6 Å². The minimum atomic E-state index is -4.82. The normalized spacial score (nSPS) is 11.4. The number of alkyl halides is 3. The maximum Gasteiger partial charge on any atom is 0.435 e. The summed E-state index contributed by atoms with van der Waals surface area (Å²) < 4.78 is 55.1. The lowest BCUT2D eigenvalue weighted by Crippen LogP contribution is -2.35. The van der Waals surface area contributed by atoms with Crippen molar-refractivity contribution in [3.05, 3.63) is 78.0 Å². The Kier molecular flexibility index (Phi) is 6.71. The number of carbonyl (C=O) groups is 1. The van der Waals surface area contributed by atoms with Crippen molar-refractivity contribution in [1.82, 2.24) is 9.97 Å². The monoisotopic (exact) mass is 435 g/mol. The molecule has 0 bridgehead atoms. The summed E-state index contributed by atoms with van der Waals surface area (Å²) in [4.78, 5) is 21.5. The molecule has 0 aliphatic heterocycles.